The maximum Gasteiger partial charge on any atom is 0.344 e. The topological polar surface area (TPSA) is 107 Å². The van der Waals surface area contributed by atoms with E-state index >= 15 is 0 Å². The van der Waals surface area contributed by atoms with E-state index in [9.17, 15) is 18.0 Å². The second-order valence-electron chi connectivity index (χ2n) is 6.47. The fourth-order valence-corrected chi connectivity index (χ4v) is 4.77. The number of aromatic nitrogens is 1. The van der Waals surface area contributed by atoms with Crippen LogP contribution in [-0.2, 0) is 19.4 Å². The second kappa shape index (κ2) is 7.51. The molecule has 27 heavy (non-hydrogen) atoms. The number of ether oxygens (including phenoxy) is 1. The molecule has 1 fully saturated rings. The molecule has 0 aliphatic carbocycles. The van der Waals surface area contributed by atoms with Gasteiger partial charge >= 0.3 is 5.97 Å². The van der Waals surface area contributed by atoms with Crippen molar-refractivity contribution in [1.29, 1.82) is 0 Å². The summed E-state index contributed by atoms with van der Waals surface area (Å²) in [6.07, 6.45) is 0.390. The largest absolute Gasteiger partial charge is 0.452 e. The van der Waals surface area contributed by atoms with E-state index in [0.29, 0.717) is 23.4 Å². The van der Waals surface area contributed by atoms with Crippen LogP contribution in [0.4, 0.5) is 0 Å². The lowest BCUT2D eigenvalue weighted by atomic mass is 10.1. The maximum absolute atomic E-state index is 12.5. The van der Waals surface area contributed by atoms with Crippen LogP contribution < -0.4 is 0 Å². The zero-order valence-electron chi connectivity index (χ0n) is 15.0. The number of hydrogen-bond donors (Lipinski definition) is 0. The minimum absolute atomic E-state index is 0.0634. The van der Waals surface area contributed by atoms with Crippen molar-refractivity contribution in [2.75, 3.05) is 25.2 Å². The molecule has 8 nitrogen and oxygen atoms in total. The normalized spacial score (nSPS) is 18.2. The molecule has 3 rings (SSSR count). The van der Waals surface area contributed by atoms with Gasteiger partial charge < -0.3 is 14.2 Å². The first-order valence-electron chi connectivity index (χ1n) is 8.43. The van der Waals surface area contributed by atoms with Crippen LogP contribution in [0.2, 0.25) is 0 Å². The van der Waals surface area contributed by atoms with Crippen molar-refractivity contribution >= 4 is 21.7 Å². The van der Waals surface area contributed by atoms with Gasteiger partial charge in [0.05, 0.1) is 11.5 Å². The minimum Gasteiger partial charge on any atom is -0.452 e. The van der Waals surface area contributed by atoms with Gasteiger partial charge in [-0.15, -0.1) is 0 Å². The number of likely N-dealkylation sites (N-methyl/N-ethyl adjacent to an activating group) is 1. The molecule has 1 aliphatic rings. The van der Waals surface area contributed by atoms with Crippen LogP contribution in [0.25, 0.3) is 11.3 Å². The molecule has 2 heterocycles. The molecule has 1 unspecified atom stereocenters. The summed E-state index contributed by atoms with van der Waals surface area (Å²) < 4.78 is 33.4. The fraction of sp³-hybridized carbons (Fsp3) is 0.389. The van der Waals surface area contributed by atoms with Gasteiger partial charge in [-0.25, -0.2) is 13.2 Å². The summed E-state index contributed by atoms with van der Waals surface area (Å²) in [7, 11) is -1.59. The van der Waals surface area contributed by atoms with E-state index < -0.39 is 34.4 Å². The Morgan fingerprint density at radius 3 is 2.63 bits per heavy atom. The van der Waals surface area contributed by atoms with Gasteiger partial charge in [0.1, 0.15) is 17.0 Å². The Morgan fingerprint density at radius 2 is 2.00 bits per heavy atom. The maximum atomic E-state index is 12.5. The number of aryl methyl sites for hydroxylation is 1. The first-order valence-corrected chi connectivity index (χ1v) is 10.3. The number of amides is 1. The number of nitrogens with zero attached hydrogens (tertiary/aromatic N) is 2. The zero-order valence-corrected chi connectivity index (χ0v) is 15.9. The monoisotopic (exact) mass is 392 g/mol. The average molecular weight is 392 g/mol. The highest BCUT2D eigenvalue weighted by atomic mass is 32.2. The van der Waals surface area contributed by atoms with Gasteiger partial charge in [0, 0.05) is 18.7 Å². The van der Waals surface area contributed by atoms with E-state index in [2.05, 4.69) is 5.16 Å². The van der Waals surface area contributed by atoms with E-state index in [1.807, 2.05) is 18.2 Å². The van der Waals surface area contributed by atoms with Gasteiger partial charge in [-0.1, -0.05) is 35.5 Å². The van der Waals surface area contributed by atoms with Crippen LogP contribution in [0.5, 0.6) is 0 Å². The molecule has 0 saturated carbocycles. The summed E-state index contributed by atoms with van der Waals surface area (Å²) in [6.45, 7) is 1.11. The van der Waals surface area contributed by atoms with Crippen molar-refractivity contribution in [3.05, 3.63) is 41.7 Å². The third-order valence-electron chi connectivity index (χ3n) is 4.59. The third-order valence-corrected chi connectivity index (χ3v) is 6.34. The van der Waals surface area contributed by atoms with Gasteiger partial charge in [-0.2, -0.15) is 0 Å². The highest BCUT2D eigenvalue weighted by Gasteiger charge is 2.33. The van der Waals surface area contributed by atoms with Gasteiger partial charge in [0.25, 0.3) is 5.91 Å². The highest BCUT2D eigenvalue weighted by molar-refractivity contribution is 7.91. The Balaban J connectivity index is 1.66. The standard InChI is InChI=1S/C18H20N2O6S/c1-12-16(17(19-26-12)13-6-4-3-5-7-13)18(22)25-10-15(21)20(2)14-8-9-27(23,24)11-14/h3-7,14H,8-11H2,1-2H3. The number of benzene rings is 1. The molecule has 9 heteroatoms. The number of rotatable bonds is 5. The van der Waals surface area contributed by atoms with Crippen LogP contribution in [0.3, 0.4) is 0 Å². The Kier molecular flexibility index (Phi) is 5.31. The van der Waals surface area contributed by atoms with Crippen LogP contribution >= 0.6 is 0 Å². The molecule has 1 aliphatic heterocycles. The number of carbonyl (C=O) groups excluding carboxylic acids is 2. The molecule has 144 valence electrons. The molecule has 0 bridgehead atoms. The van der Waals surface area contributed by atoms with Gasteiger partial charge in [-0.05, 0) is 13.3 Å². The number of hydrogen-bond acceptors (Lipinski definition) is 7. The van der Waals surface area contributed by atoms with Crippen LogP contribution in [-0.4, -0.2) is 61.6 Å². The molecule has 1 aromatic heterocycles. The van der Waals surface area contributed by atoms with Crippen molar-refractivity contribution in [2.45, 2.75) is 19.4 Å². The Bertz CT molecular complexity index is 951. The van der Waals surface area contributed by atoms with E-state index in [1.165, 1.54) is 11.9 Å². The predicted octanol–water partition coefficient (Wildman–Crippen LogP) is 1.45. The molecule has 2 aromatic rings. The summed E-state index contributed by atoms with van der Waals surface area (Å²) in [6, 6.07) is 8.64. The summed E-state index contributed by atoms with van der Waals surface area (Å²) in [5, 5.41) is 3.91. The summed E-state index contributed by atoms with van der Waals surface area (Å²) in [4.78, 5) is 26.1. The average Bonchev–Trinajstić information content (AvgIpc) is 3.21. The van der Waals surface area contributed by atoms with E-state index in [-0.39, 0.29) is 17.1 Å². The Labute approximate surface area is 157 Å². The van der Waals surface area contributed by atoms with Crippen molar-refractivity contribution < 1.29 is 27.3 Å². The molecule has 1 aromatic carbocycles. The Hall–Kier alpha value is -2.68. The van der Waals surface area contributed by atoms with Crippen LogP contribution in [0.15, 0.2) is 34.9 Å². The number of carbonyl (C=O) groups is 2. The van der Waals surface area contributed by atoms with Crippen molar-refractivity contribution in [2.24, 2.45) is 0 Å². The fourth-order valence-electron chi connectivity index (χ4n) is 2.99. The summed E-state index contributed by atoms with van der Waals surface area (Å²) in [5.74, 6) is -0.877. The zero-order chi connectivity index (χ0) is 19.6. The summed E-state index contributed by atoms with van der Waals surface area (Å²) in [5.41, 5.74) is 1.21. The van der Waals surface area contributed by atoms with Crippen LogP contribution in [0.1, 0.15) is 22.5 Å². The first kappa shape index (κ1) is 19.1. The lowest BCUT2D eigenvalue weighted by Gasteiger charge is -2.23. The molecular weight excluding hydrogens is 372 g/mol. The lowest BCUT2D eigenvalue weighted by molar-refractivity contribution is -0.134. The molecule has 0 N–H and O–H groups in total. The smallest absolute Gasteiger partial charge is 0.344 e. The van der Waals surface area contributed by atoms with Gasteiger partial charge in [-0.3, -0.25) is 4.79 Å². The molecule has 0 radical (unpaired) electrons. The van der Waals surface area contributed by atoms with Crippen molar-refractivity contribution in [3.63, 3.8) is 0 Å². The predicted molar refractivity (Wildman–Crippen MR) is 96.8 cm³/mol. The van der Waals surface area contributed by atoms with E-state index in [0.717, 1.165) is 0 Å². The minimum atomic E-state index is -3.10. The molecule has 1 atom stereocenters. The SMILES string of the molecule is Cc1onc(-c2ccccc2)c1C(=O)OCC(=O)N(C)C1CCS(=O)(=O)C1. The first-order chi connectivity index (χ1) is 12.8. The van der Waals surface area contributed by atoms with Gasteiger partial charge in [0.15, 0.2) is 16.4 Å². The van der Waals surface area contributed by atoms with Crippen molar-refractivity contribution in [3.8, 4) is 11.3 Å². The Morgan fingerprint density at radius 1 is 1.30 bits per heavy atom. The second-order valence-corrected chi connectivity index (χ2v) is 8.69. The van der Waals surface area contributed by atoms with E-state index in [4.69, 9.17) is 9.26 Å². The molecular formula is C18H20N2O6S. The van der Waals surface area contributed by atoms with Crippen LogP contribution in [0, 0.1) is 6.92 Å². The van der Waals surface area contributed by atoms with Crippen molar-refractivity contribution in [1.82, 2.24) is 10.1 Å². The molecule has 1 amide bonds. The van der Waals surface area contributed by atoms with Gasteiger partial charge in [0.2, 0.25) is 0 Å². The number of sulfone groups is 1. The highest BCUT2D eigenvalue weighted by Crippen LogP contribution is 2.25. The lowest BCUT2D eigenvalue weighted by Crippen LogP contribution is -2.40. The molecule has 1 saturated heterocycles. The molecule has 0 spiro atoms. The van der Waals surface area contributed by atoms with E-state index in [1.54, 1.807) is 19.1 Å². The summed E-state index contributed by atoms with van der Waals surface area (Å²) >= 11 is 0. The third kappa shape index (κ3) is 4.19. The quantitative estimate of drug-likeness (QED) is 0.709. The number of esters is 1.